The van der Waals surface area contributed by atoms with Gasteiger partial charge in [-0.15, -0.1) is 6.58 Å². The summed E-state index contributed by atoms with van der Waals surface area (Å²) in [5, 5.41) is 19.9. The van der Waals surface area contributed by atoms with E-state index >= 15 is 0 Å². The van der Waals surface area contributed by atoms with Crippen molar-refractivity contribution in [2.45, 2.75) is 25.6 Å². The van der Waals surface area contributed by atoms with Crippen molar-refractivity contribution in [3.63, 3.8) is 0 Å². The molecule has 2 aromatic carbocycles. The van der Waals surface area contributed by atoms with Gasteiger partial charge in [0.1, 0.15) is 6.04 Å². The van der Waals surface area contributed by atoms with Gasteiger partial charge in [0.15, 0.2) is 11.5 Å². The standard InChI is InChI=1S/C23H27N3O2/c1-3-7-20-12-19(13-22(28-2)23(20)27)15-25-10-11-26(21(14-24)17-25)16-18-8-5-4-6-9-18/h3-6,8-9,12-13,21,27H,1,7,10-11,15-17H2,2H3. The van der Waals surface area contributed by atoms with Crippen molar-refractivity contribution in [3.05, 3.63) is 71.8 Å². The molecule has 1 heterocycles. The Balaban J connectivity index is 1.69. The maximum atomic E-state index is 10.3. The van der Waals surface area contributed by atoms with Gasteiger partial charge in [-0.1, -0.05) is 42.5 Å². The van der Waals surface area contributed by atoms with Crippen LogP contribution in [0.2, 0.25) is 0 Å². The minimum atomic E-state index is -0.138. The van der Waals surface area contributed by atoms with Gasteiger partial charge in [0, 0.05) is 38.3 Å². The van der Waals surface area contributed by atoms with E-state index in [1.807, 2.05) is 30.3 Å². The van der Waals surface area contributed by atoms with E-state index < -0.39 is 0 Å². The van der Waals surface area contributed by atoms with E-state index in [0.717, 1.165) is 37.3 Å². The van der Waals surface area contributed by atoms with Crippen LogP contribution in [0.5, 0.6) is 11.5 Å². The fourth-order valence-electron chi connectivity index (χ4n) is 3.70. The lowest BCUT2D eigenvalue weighted by molar-refractivity contribution is 0.0901. The van der Waals surface area contributed by atoms with Crippen LogP contribution in [0.1, 0.15) is 16.7 Å². The highest BCUT2D eigenvalue weighted by Crippen LogP contribution is 2.32. The highest BCUT2D eigenvalue weighted by molar-refractivity contribution is 5.49. The lowest BCUT2D eigenvalue weighted by atomic mass is 10.0. The van der Waals surface area contributed by atoms with E-state index in [1.165, 1.54) is 5.56 Å². The first kappa shape index (κ1) is 19.9. The Kier molecular flexibility index (Phi) is 6.70. The molecule has 1 saturated heterocycles. The first-order valence-corrected chi connectivity index (χ1v) is 9.54. The molecule has 0 spiro atoms. The van der Waals surface area contributed by atoms with Crippen molar-refractivity contribution < 1.29 is 9.84 Å². The molecule has 5 nitrogen and oxygen atoms in total. The number of nitrogens with zero attached hydrogens (tertiary/aromatic N) is 3. The average molecular weight is 377 g/mol. The van der Waals surface area contributed by atoms with E-state index in [9.17, 15) is 10.4 Å². The highest BCUT2D eigenvalue weighted by Gasteiger charge is 2.27. The van der Waals surface area contributed by atoms with E-state index in [2.05, 4.69) is 34.6 Å². The van der Waals surface area contributed by atoms with E-state index in [0.29, 0.717) is 18.7 Å². The fourth-order valence-corrected chi connectivity index (χ4v) is 3.70. The molecule has 5 heteroatoms. The van der Waals surface area contributed by atoms with Crippen LogP contribution in [0.4, 0.5) is 0 Å². The molecule has 0 aliphatic carbocycles. The normalized spacial score (nSPS) is 17.8. The first-order chi connectivity index (χ1) is 13.6. The van der Waals surface area contributed by atoms with Crippen LogP contribution >= 0.6 is 0 Å². The summed E-state index contributed by atoms with van der Waals surface area (Å²) in [7, 11) is 1.56. The van der Waals surface area contributed by atoms with Gasteiger partial charge in [-0.2, -0.15) is 5.26 Å². The molecule has 0 saturated carbocycles. The number of phenols is 1. The molecule has 1 aliphatic heterocycles. The zero-order valence-corrected chi connectivity index (χ0v) is 16.3. The summed E-state index contributed by atoms with van der Waals surface area (Å²) in [4.78, 5) is 4.53. The van der Waals surface area contributed by atoms with Crippen LogP contribution in [0, 0.1) is 11.3 Å². The molecule has 0 amide bonds. The topological polar surface area (TPSA) is 59.7 Å². The van der Waals surface area contributed by atoms with Gasteiger partial charge in [-0.3, -0.25) is 9.80 Å². The zero-order valence-electron chi connectivity index (χ0n) is 16.3. The Morgan fingerprint density at radius 3 is 2.68 bits per heavy atom. The zero-order chi connectivity index (χ0) is 19.9. The summed E-state index contributed by atoms with van der Waals surface area (Å²) >= 11 is 0. The Hall–Kier alpha value is -2.81. The molecule has 1 N–H and O–H groups in total. The monoisotopic (exact) mass is 377 g/mol. The number of phenolic OH excluding ortho intramolecular Hbond substituents is 1. The maximum absolute atomic E-state index is 10.3. The van der Waals surface area contributed by atoms with Crippen molar-refractivity contribution in [2.75, 3.05) is 26.7 Å². The molecule has 146 valence electrons. The average Bonchev–Trinajstić information content (AvgIpc) is 2.72. The van der Waals surface area contributed by atoms with Crippen LogP contribution in [-0.2, 0) is 19.5 Å². The number of allylic oxidation sites excluding steroid dienone is 1. The number of benzene rings is 2. The molecule has 1 fully saturated rings. The van der Waals surface area contributed by atoms with Crippen molar-refractivity contribution >= 4 is 0 Å². The van der Waals surface area contributed by atoms with Crippen LogP contribution in [0.15, 0.2) is 55.1 Å². The molecule has 28 heavy (non-hydrogen) atoms. The van der Waals surface area contributed by atoms with E-state index in [4.69, 9.17) is 4.74 Å². The van der Waals surface area contributed by atoms with Gasteiger partial charge in [0.2, 0.25) is 0 Å². The second-order valence-corrected chi connectivity index (χ2v) is 7.13. The molecular formula is C23H27N3O2. The van der Waals surface area contributed by atoms with E-state index in [1.54, 1.807) is 13.2 Å². The fraction of sp³-hybridized carbons (Fsp3) is 0.348. The predicted octanol–water partition coefficient (Wildman–Crippen LogP) is 3.34. The summed E-state index contributed by atoms with van der Waals surface area (Å²) in [6, 6.07) is 16.5. The minimum absolute atomic E-state index is 0.138. The Labute approximate surface area is 167 Å². The Morgan fingerprint density at radius 1 is 1.21 bits per heavy atom. The molecular weight excluding hydrogens is 350 g/mol. The number of rotatable bonds is 7. The molecule has 0 aromatic heterocycles. The highest BCUT2D eigenvalue weighted by atomic mass is 16.5. The molecule has 3 rings (SSSR count). The third kappa shape index (κ3) is 4.72. The van der Waals surface area contributed by atoms with Crippen LogP contribution < -0.4 is 4.74 Å². The maximum Gasteiger partial charge on any atom is 0.161 e. The van der Waals surface area contributed by atoms with Crippen molar-refractivity contribution in [1.29, 1.82) is 5.26 Å². The Morgan fingerprint density at radius 2 is 2.00 bits per heavy atom. The largest absolute Gasteiger partial charge is 0.504 e. The van der Waals surface area contributed by atoms with Gasteiger partial charge in [0.05, 0.1) is 13.2 Å². The Bertz CT molecular complexity index is 845. The molecule has 2 aromatic rings. The third-order valence-electron chi connectivity index (χ3n) is 5.16. The SMILES string of the molecule is C=CCc1cc(CN2CCN(Cc3ccccc3)C(C#N)C2)cc(OC)c1O. The lowest BCUT2D eigenvalue weighted by Gasteiger charge is -2.38. The number of ether oxygens (including phenoxy) is 1. The second-order valence-electron chi connectivity index (χ2n) is 7.13. The van der Waals surface area contributed by atoms with Crippen LogP contribution in [-0.4, -0.2) is 47.7 Å². The number of hydrogen-bond donors (Lipinski definition) is 1. The van der Waals surface area contributed by atoms with Gasteiger partial charge in [0.25, 0.3) is 0 Å². The minimum Gasteiger partial charge on any atom is -0.504 e. The van der Waals surface area contributed by atoms with Gasteiger partial charge < -0.3 is 9.84 Å². The third-order valence-corrected chi connectivity index (χ3v) is 5.16. The predicted molar refractivity (Wildman–Crippen MR) is 110 cm³/mol. The number of nitriles is 1. The van der Waals surface area contributed by atoms with Crippen molar-refractivity contribution in [3.8, 4) is 17.6 Å². The van der Waals surface area contributed by atoms with Gasteiger partial charge in [-0.05, 0) is 23.6 Å². The quantitative estimate of drug-likeness (QED) is 0.750. The van der Waals surface area contributed by atoms with Crippen molar-refractivity contribution in [1.82, 2.24) is 9.80 Å². The molecule has 0 radical (unpaired) electrons. The van der Waals surface area contributed by atoms with Gasteiger partial charge in [-0.25, -0.2) is 0 Å². The summed E-state index contributed by atoms with van der Waals surface area (Å²) in [6.45, 7) is 7.71. The number of piperazine rings is 1. The first-order valence-electron chi connectivity index (χ1n) is 9.54. The number of hydrogen-bond acceptors (Lipinski definition) is 5. The molecule has 1 aliphatic rings. The summed E-state index contributed by atoms with van der Waals surface area (Å²) in [5.41, 5.74) is 3.11. The van der Waals surface area contributed by atoms with Crippen molar-refractivity contribution in [2.24, 2.45) is 0 Å². The lowest BCUT2D eigenvalue weighted by Crippen LogP contribution is -2.51. The summed E-state index contributed by atoms with van der Waals surface area (Å²) < 4.78 is 5.32. The second kappa shape index (κ2) is 9.41. The van der Waals surface area contributed by atoms with Crippen LogP contribution in [0.3, 0.4) is 0 Å². The number of aromatic hydroxyl groups is 1. The van der Waals surface area contributed by atoms with Crippen LogP contribution in [0.25, 0.3) is 0 Å². The van der Waals surface area contributed by atoms with Gasteiger partial charge >= 0.3 is 0 Å². The van der Waals surface area contributed by atoms with E-state index in [-0.39, 0.29) is 11.8 Å². The summed E-state index contributed by atoms with van der Waals surface area (Å²) in [5.74, 6) is 0.655. The molecule has 0 bridgehead atoms. The molecule has 1 unspecified atom stereocenters. The summed E-state index contributed by atoms with van der Waals surface area (Å²) in [6.07, 6.45) is 2.36. The molecule has 1 atom stereocenters. The number of methoxy groups -OCH3 is 1. The smallest absolute Gasteiger partial charge is 0.161 e.